The summed E-state index contributed by atoms with van der Waals surface area (Å²) >= 11 is 0. The van der Waals surface area contributed by atoms with Gasteiger partial charge in [0.15, 0.2) is 5.82 Å². The van der Waals surface area contributed by atoms with Crippen LogP contribution in [-0.4, -0.2) is 23.9 Å². The number of aromatic nitrogens is 5. The molecular weight excluding hydrogens is 462 g/mol. The summed E-state index contributed by atoms with van der Waals surface area (Å²) in [6, 6.07) is 18.2. The van der Waals surface area contributed by atoms with Crippen LogP contribution in [0.4, 0.5) is 8.78 Å². The smallest absolute Gasteiger partial charge is 0.348 e. The highest BCUT2D eigenvalue weighted by Crippen LogP contribution is 2.33. The third-order valence-corrected chi connectivity index (χ3v) is 6.34. The highest BCUT2D eigenvalue weighted by molar-refractivity contribution is 5.96. The first-order valence-corrected chi connectivity index (χ1v) is 11.1. The molecule has 3 aromatic carbocycles. The van der Waals surface area contributed by atoms with Crippen LogP contribution in [-0.2, 0) is 13.6 Å². The lowest BCUT2D eigenvalue weighted by molar-refractivity contribution is 0.629. The lowest BCUT2D eigenvalue weighted by Gasteiger charge is -2.06. The molecule has 0 unspecified atom stereocenters. The van der Waals surface area contributed by atoms with Crippen LogP contribution in [0.2, 0.25) is 0 Å². The number of nitrogens with one attached hydrogen (secondary N) is 1. The van der Waals surface area contributed by atoms with E-state index in [4.69, 9.17) is 0 Å². The number of fused-ring (bicyclic) bond motifs is 2. The molecule has 0 amide bonds. The van der Waals surface area contributed by atoms with Crippen molar-refractivity contribution in [2.24, 2.45) is 7.05 Å². The van der Waals surface area contributed by atoms with Crippen molar-refractivity contribution < 1.29 is 8.78 Å². The summed E-state index contributed by atoms with van der Waals surface area (Å²) in [5.41, 5.74) is 3.38. The van der Waals surface area contributed by atoms with Gasteiger partial charge < -0.3 is 9.13 Å². The standard InChI is InChI=1S/C27H18F2N6O/c1-33-14-22(20-10-18(28)5-7-23(20)33)26-31-32-27(36)35(26)25-15-34(24-8-6-19(29)11-21(24)25)13-17-4-2-3-16(9-17)12-30/h2-11,14-15H,13H2,1H3,(H,32,36). The van der Waals surface area contributed by atoms with E-state index in [2.05, 4.69) is 16.3 Å². The van der Waals surface area contributed by atoms with E-state index >= 15 is 0 Å². The molecule has 3 aromatic heterocycles. The fraction of sp³-hybridized carbons (Fsp3) is 0.0741. The van der Waals surface area contributed by atoms with E-state index in [0.29, 0.717) is 39.6 Å². The molecule has 7 nitrogen and oxygen atoms in total. The molecule has 3 heterocycles. The minimum atomic E-state index is -0.506. The maximum atomic E-state index is 14.4. The molecule has 9 heteroatoms. The number of aryl methyl sites for hydroxylation is 1. The molecule has 1 N–H and O–H groups in total. The molecule has 36 heavy (non-hydrogen) atoms. The lowest BCUT2D eigenvalue weighted by atomic mass is 10.1. The second kappa shape index (κ2) is 8.06. The largest absolute Gasteiger partial charge is 0.350 e. The summed E-state index contributed by atoms with van der Waals surface area (Å²) in [5, 5.41) is 17.1. The van der Waals surface area contributed by atoms with Crippen LogP contribution in [0.15, 0.2) is 77.9 Å². The van der Waals surface area contributed by atoms with Crippen LogP contribution < -0.4 is 5.69 Å². The lowest BCUT2D eigenvalue weighted by Crippen LogP contribution is -2.15. The molecule has 176 valence electrons. The molecule has 0 saturated heterocycles. The van der Waals surface area contributed by atoms with Crippen molar-refractivity contribution in [2.75, 3.05) is 0 Å². The third-order valence-electron chi connectivity index (χ3n) is 6.34. The maximum absolute atomic E-state index is 14.4. The Balaban J connectivity index is 1.58. The molecule has 0 aliphatic rings. The fourth-order valence-corrected chi connectivity index (χ4v) is 4.74. The van der Waals surface area contributed by atoms with Gasteiger partial charge in [0.25, 0.3) is 0 Å². The molecule has 0 saturated carbocycles. The third kappa shape index (κ3) is 3.39. The highest BCUT2D eigenvalue weighted by atomic mass is 19.1. The molecule has 0 atom stereocenters. The monoisotopic (exact) mass is 480 g/mol. The average molecular weight is 480 g/mol. The van der Waals surface area contributed by atoms with Gasteiger partial charge in [0.1, 0.15) is 11.6 Å². The Labute approximate surface area is 203 Å². The Morgan fingerprint density at radius 2 is 1.72 bits per heavy atom. The van der Waals surface area contributed by atoms with Crippen molar-refractivity contribution in [1.29, 1.82) is 5.26 Å². The van der Waals surface area contributed by atoms with Gasteiger partial charge in [-0.2, -0.15) is 10.4 Å². The number of aromatic amines is 1. The SMILES string of the molecule is Cn1cc(-c2n[nH]c(=O)n2-c2cn(Cc3cccc(C#N)c3)c3ccc(F)cc23)c2cc(F)ccc21. The van der Waals surface area contributed by atoms with Crippen molar-refractivity contribution in [3.63, 3.8) is 0 Å². The molecule has 0 aliphatic carbocycles. The van der Waals surface area contributed by atoms with Gasteiger partial charge in [-0.25, -0.2) is 23.2 Å². The van der Waals surface area contributed by atoms with E-state index in [1.165, 1.54) is 28.8 Å². The average Bonchev–Trinajstić information content (AvgIpc) is 3.51. The summed E-state index contributed by atoms with van der Waals surface area (Å²) in [6.45, 7) is 0.402. The minimum Gasteiger partial charge on any atom is -0.350 e. The number of rotatable bonds is 4. The quantitative estimate of drug-likeness (QED) is 0.391. The van der Waals surface area contributed by atoms with Crippen molar-refractivity contribution in [3.05, 3.63) is 106 Å². The van der Waals surface area contributed by atoms with Crippen LogP contribution in [0, 0.1) is 23.0 Å². The van der Waals surface area contributed by atoms with E-state index < -0.39 is 17.3 Å². The highest BCUT2D eigenvalue weighted by Gasteiger charge is 2.21. The van der Waals surface area contributed by atoms with E-state index in [9.17, 15) is 18.8 Å². The predicted molar refractivity (Wildman–Crippen MR) is 132 cm³/mol. The summed E-state index contributed by atoms with van der Waals surface area (Å²) in [6.07, 6.45) is 3.54. The van der Waals surface area contributed by atoms with Crippen molar-refractivity contribution >= 4 is 21.8 Å². The topological polar surface area (TPSA) is 84.3 Å². The number of hydrogen-bond donors (Lipinski definition) is 1. The van der Waals surface area contributed by atoms with Crippen LogP contribution in [0.1, 0.15) is 11.1 Å². The molecule has 0 fully saturated rings. The first kappa shape index (κ1) is 21.6. The normalized spacial score (nSPS) is 11.4. The number of hydrogen-bond acceptors (Lipinski definition) is 3. The van der Waals surface area contributed by atoms with Gasteiger partial charge in [0.2, 0.25) is 0 Å². The van der Waals surface area contributed by atoms with E-state index in [1.54, 1.807) is 42.7 Å². The van der Waals surface area contributed by atoms with Crippen LogP contribution >= 0.6 is 0 Å². The van der Waals surface area contributed by atoms with Gasteiger partial charge in [0.05, 0.1) is 22.8 Å². The number of nitriles is 1. The summed E-state index contributed by atoms with van der Waals surface area (Å²) < 4.78 is 33.6. The summed E-state index contributed by atoms with van der Waals surface area (Å²) in [4.78, 5) is 13.0. The van der Waals surface area contributed by atoms with Gasteiger partial charge in [-0.05, 0) is 54.1 Å². The molecule has 0 aliphatic heterocycles. The Morgan fingerprint density at radius 1 is 0.972 bits per heavy atom. The number of halogens is 2. The van der Waals surface area contributed by atoms with Gasteiger partial charge in [-0.3, -0.25) is 0 Å². The first-order valence-electron chi connectivity index (χ1n) is 11.1. The van der Waals surface area contributed by atoms with Crippen molar-refractivity contribution in [2.45, 2.75) is 6.54 Å². The predicted octanol–water partition coefficient (Wildman–Crippen LogP) is 4.87. The van der Waals surface area contributed by atoms with Crippen molar-refractivity contribution in [1.82, 2.24) is 23.9 Å². The number of benzene rings is 3. The zero-order valence-corrected chi connectivity index (χ0v) is 19.0. The Bertz CT molecular complexity index is 1900. The van der Waals surface area contributed by atoms with E-state index in [-0.39, 0.29) is 5.82 Å². The summed E-state index contributed by atoms with van der Waals surface area (Å²) in [7, 11) is 1.83. The Kier molecular flexibility index (Phi) is 4.83. The van der Waals surface area contributed by atoms with Gasteiger partial charge in [-0.15, -0.1) is 0 Å². The van der Waals surface area contributed by atoms with E-state index in [0.717, 1.165) is 11.1 Å². The Hall–Kier alpha value is -4.97. The van der Waals surface area contributed by atoms with Crippen LogP contribution in [0.25, 0.3) is 38.9 Å². The fourth-order valence-electron chi connectivity index (χ4n) is 4.74. The zero-order valence-electron chi connectivity index (χ0n) is 19.0. The summed E-state index contributed by atoms with van der Waals surface area (Å²) in [5.74, 6) is -0.568. The Morgan fingerprint density at radius 3 is 2.50 bits per heavy atom. The first-order chi connectivity index (χ1) is 17.4. The molecular formula is C27H18F2N6O. The minimum absolute atomic E-state index is 0.283. The molecule has 0 bridgehead atoms. The van der Waals surface area contributed by atoms with Crippen LogP contribution in [0.5, 0.6) is 0 Å². The van der Waals surface area contributed by atoms with Crippen molar-refractivity contribution in [3.8, 4) is 23.1 Å². The van der Waals surface area contributed by atoms with E-state index in [1.807, 2.05) is 22.2 Å². The van der Waals surface area contributed by atoms with Gasteiger partial charge >= 0.3 is 5.69 Å². The van der Waals surface area contributed by atoms with Gasteiger partial charge in [0, 0.05) is 47.8 Å². The molecule has 0 radical (unpaired) electrons. The number of H-pyrrole nitrogens is 1. The van der Waals surface area contributed by atoms with Gasteiger partial charge in [-0.1, -0.05) is 12.1 Å². The second-order valence-electron chi connectivity index (χ2n) is 8.62. The molecule has 0 spiro atoms. The second-order valence-corrected chi connectivity index (χ2v) is 8.62. The molecule has 6 aromatic rings. The van der Waals surface area contributed by atoms with Crippen LogP contribution in [0.3, 0.4) is 0 Å². The number of nitrogens with zero attached hydrogens (tertiary/aromatic N) is 5. The zero-order chi connectivity index (χ0) is 25.0. The maximum Gasteiger partial charge on any atom is 0.348 e. The molecule has 6 rings (SSSR count).